The Balaban J connectivity index is 1.94. The highest BCUT2D eigenvalue weighted by Gasteiger charge is 2.18. The molecule has 1 aliphatic rings. The molecule has 1 fully saturated rings. The quantitative estimate of drug-likeness (QED) is 0.825. The lowest BCUT2D eigenvalue weighted by molar-refractivity contribution is 0.179. The number of hydrogen-bond acceptors (Lipinski definition) is 5. The summed E-state index contributed by atoms with van der Waals surface area (Å²) in [7, 11) is 2.15. The predicted molar refractivity (Wildman–Crippen MR) is 84.0 cm³/mol. The third-order valence-electron chi connectivity index (χ3n) is 4.02. The summed E-state index contributed by atoms with van der Waals surface area (Å²) in [6, 6.07) is 0.568. The van der Waals surface area contributed by atoms with Crippen molar-refractivity contribution in [3.63, 3.8) is 0 Å². The van der Waals surface area contributed by atoms with Gasteiger partial charge < -0.3 is 15.3 Å². The smallest absolute Gasteiger partial charge is 0.294 e. The number of hydrogen-bond donors (Lipinski definition) is 2. The van der Waals surface area contributed by atoms with Gasteiger partial charge in [0.15, 0.2) is 5.82 Å². The third kappa shape index (κ3) is 4.18. The van der Waals surface area contributed by atoms with Crippen molar-refractivity contribution in [3.05, 3.63) is 21.7 Å². The summed E-state index contributed by atoms with van der Waals surface area (Å²) in [6.45, 7) is 1.90. The fraction of sp³-hybridized carbons (Fsp3) is 0.714. The number of nitrogens with zero attached hydrogens (tertiary/aromatic N) is 3. The van der Waals surface area contributed by atoms with Crippen LogP contribution in [0.4, 0.5) is 5.82 Å². The van der Waals surface area contributed by atoms with E-state index in [9.17, 15) is 4.79 Å². The van der Waals surface area contributed by atoms with Gasteiger partial charge in [0.25, 0.3) is 5.56 Å². The first kappa shape index (κ1) is 16.3. The Morgan fingerprint density at radius 3 is 3.05 bits per heavy atom. The van der Waals surface area contributed by atoms with Crippen LogP contribution < -0.4 is 10.9 Å². The first-order valence-electron chi connectivity index (χ1n) is 7.43. The SMILES string of the molecule is CN1CCCCC1CCNc1ncc(Cl)n(CCO)c1=O. The average molecular weight is 315 g/mol. The lowest BCUT2D eigenvalue weighted by Gasteiger charge is -2.32. The van der Waals surface area contributed by atoms with Crippen molar-refractivity contribution >= 4 is 17.4 Å². The number of aliphatic hydroxyl groups is 1. The van der Waals surface area contributed by atoms with E-state index in [2.05, 4.69) is 22.2 Å². The van der Waals surface area contributed by atoms with Gasteiger partial charge in [0, 0.05) is 12.6 Å². The molecule has 0 saturated carbocycles. The molecule has 1 aliphatic heterocycles. The number of piperidine rings is 1. The number of rotatable bonds is 6. The highest BCUT2D eigenvalue weighted by atomic mass is 35.5. The second-order valence-corrected chi connectivity index (χ2v) is 5.84. The molecule has 1 aromatic rings. The van der Waals surface area contributed by atoms with Crippen LogP contribution in [0.1, 0.15) is 25.7 Å². The molecule has 118 valence electrons. The van der Waals surface area contributed by atoms with Crippen LogP contribution in [0.15, 0.2) is 11.0 Å². The molecule has 2 heterocycles. The fourth-order valence-electron chi connectivity index (χ4n) is 2.76. The van der Waals surface area contributed by atoms with Gasteiger partial charge in [0.1, 0.15) is 5.15 Å². The van der Waals surface area contributed by atoms with Gasteiger partial charge in [-0.1, -0.05) is 18.0 Å². The van der Waals surface area contributed by atoms with Crippen molar-refractivity contribution in [1.29, 1.82) is 0 Å². The van der Waals surface area contributed by atoms with Crippen LogP contribution >= 0.6 is 11.6 Å². The second kappa shape index (κ2) is 7.77. The molecule has 1 unspecified atom stereocenters. The Kier molecular flexibility index (Phi) is 6.02. The molecular weight excluding hydrogens is 292 g/mol. The van der Waals surface area contributed by atoms with Crippen molar-refractivity contribution in [2.45, 2.75) is 38.3 Å². The van der Waals surface area contributed by atoms with Gasteiger partial charge in [-0.2, -0.15) is 0 Å². The summed E-state index contributed by atoms with van der Waals surface area (Å²) in [4.78, 5) is 18.6. The lowest BCUT2D eigenvalue weighted by atomic mass is 10.0. The third-order valence-corrected chi connectivity index (χ3v) is 4.32. The van der Waals surface area contributed by atoms with E-state index < -0.39 is 0 Å². The van der Waals surface area contributed by atoms with Crippen LogP contribution in [0.25, 0.3) is 0 Å². The summed E-state index contributed by atoms with van der Waals surface area (Å²) in [5.74, 6) is 0.298. The van der Waals surface area contributed by atoms with Gasteiger partial charge in [0.05, 0.1) is 19.3 Å². The summed E-state index contributed by atoms with van der Waals surface area (Å²) in [6.07, 6.45) is 6.18. The standard InChI is InChI=1S/C14H23ClN4O2/c1-18-7-3-2-4-11(18)5-6-16-13-14(21)19(8-9-20)12(15)10-17-13/h10-11,20H,2-9H2,1H3,(H,16,17). The number of aromatic nitrogens is 2. The van der Waals surface area contributed by atoms with E-state index in [0.717, 1.165) is 13.0 Å². The molecule has 0 aromatic carbocycles. The zero-order chi connectivity index (χ0) is 15.2. The van der Waals surface area contributed by atoms with Crippen LogP contribution in [-0.4, -0.2) is 52.3 Å². The zero-order valence-corrected chi connectivity index (χ0v) is 13.1. The summed E-state index contributed by atoms with van der Waals surface area (Å²) < 4.78 is 1.32. The molecule has 0 radical (unpaired) electrons. The van der Waals surface area contributed by atoms with Crippen molar-refractivity contribution in [3.8, 4) is 0 Å². The zero-order valence-electron chi connectivity index (χ0n) is 12.4. The van der Waals surface area contributed by atoms with Crippen LogP contribution in [-0.2, 0) is 6.54 Å². The lowest BCUT2D eigenvalue weighted by Crippen LogP contribution is -2.37. The van der Waals surface area contributed by atoms with E-state index in [1.807, 2.05) is 0 Å². The van der Waals surface area contributed by atoms with Gasteiger partial charge in [-0.05, 0) is 32.9 Å². The van der Waals surface area contributed by atoms with E-state index in [4.69, 9.17) is 16.7 Å². The number of halogens is 1. The van der Waals surface area contributed by atoms with E-state index in [-0.39, 0.29) is 23.9 Å². The Morgan fingerprint density at radius 1 is 1.52 bits per heavy atom. The van der Waals surface area contributed by atoms with Gasteiger partial charge in [-0.25, -0.2) is 4.98 Å². The van der Waals surface area contributed by atoms with Gasteiger partial charge in [-0.3, -0.25) is 9.36 Å². The minimum absolute atomic E-state index is 0.129. The minimum atomic E-state index is -0.284. The maximum Gasteiger partial charge on any atom is 0.294 e. The highest BCUT2D eigenvalue weighted by Crippen LogP contribution is 2.17. The normalized spacial score (nSPS) is 19.7. The van der Waals surface area contributed by atoms with Gasteiger partial charge in [-0.15, -0.1) is 0 Å². The van der Waals surface area contributed by atoms with Crippen LogP contribution in [0.2, 0.25) is 5.15 Å². The Hall–Kier alpha value is -1.11. The Labute approximate surface area is 129 Å². The average Bonchev–Trinajstić information content (AvgIpc) is 2.48. The van der Waals surface area contributed by atoms with Crippen molar-refractivity contribution < 1.29 is 5.11 Å². The van der Waals surface area contributed by atoms with E-state index >= 15 is 0 Å². The minimum Gasteiger partial charge on any atom is -0.395 e. The van der Waals surface area contributed by atoms with Crippen molar-refractivity contribution in [2.75, 3.05) is 32.1 Å². The molecule has 6 nitrogen and oxygen atoms in total. The summed E-state index contributed by atoms with van der Waals surface area (Å²) in [5.41, 5.74) is -0.284. The molecule has 0 amide bonds. The molecule has 21 heavy (non-hydrogen) atoms. The molecule has 2 rings (SSSR count). The molecular formula is C14H23ClN4O2. The molecule has 1 aromatic heterocycles. The molecule has 0 bridgehead atoms. The largest absolute Gasteiger partial charge is 0.395 e. The van der Waals surface area contributed by atoms with E-state index in [1.165, 1.54) is 30.0 Å². The monoisotopic (exact) mass is 314 g/mol. The second-order valence-electron chi connectivity index (χ2n) is 5.46. The van der Waals surface area contributed by atoms with E-state index in [0.29, 0.717) is 18.4 Å². The van der Waals surface area contributed by atoms with Crippen LogP contribution in [0, 0.1) is 0 Å². The Morgan fingerprint density at radius 2 is 2.33 bits per heavy atom. The number of aliphatic hydroxyl groups excluding tert-OH is 1. The molecule has 1 saturated heterocycles. The van der Waals surface area contributed by atoms with E-state index in [1.54, 1.807) is 0 Å². The summed E-state index contributed by atoms with van der Waals surface area (Å²) >= 11 is 5.91. The molecule has 7 heteroatoms. The Bertz CT molecular complexity index is 520. The van der Waals surface area contributed by atoms with Crippen molar-refractivity contribution in [1.82, 2.24) is 14.5 Å². The first-order chi connectivity index (χ1) is 10.1. The highest BCUT2D eigenvalue weighted by molar-refractivity contribution is 6.29. The molecule has 0 spiro atoms. The van der Waals surface area contributed by atoms with Crippen LogP contribution in [0.3, 0.4) is 0 Å². The number of likely N-dealkylation sites (tertiary alicyclic amines) is 1. The topological polar surface area (TPSA) is 70.4 Å². The summed E-state index contributed by atoms with van der Waals surface area (Å²) in [5, 5.41) is 12.3. The molecule has 2 N–H and O–H groups in total. The maximum atomic E-state index is 12.2. The number of nitrogens with one attached hydrogen (secondary N) is 1. The first-order valence-corrected chi connectivity index (χ1v) is 7.81. The maximum absolute atomic E-state index is 12.2. The van der Waals surface area contributed by atoms with Gasteiger partial charge in [0.2, 0.25) is 0 Å². The molecule has 0 aliphatic carbocycles. The molecule has 1 atom stereocenters. The number of anilines is 1. The fourth-order valence-corrected chi connectivity index (χ4v) is 2.97. The predicted octanol–water partition coefficient (Wildman–Crippen LogP) is 1.18. The van der Waals surface area contributed by atoms with Gasteiger partial charge >= 0.3 is 0 Å². The van der Waals surface area contributed by atoms with Crippen LogP contribution in [0.5, 0.6) is 0 Å². The van der Waals surface area contributed by atoms with Crippen molar-refractivity contribution in [2.24, 2.45) is 0 Å².